The maximum Gasteiger partial charge on any atom is 0.337 e. The van der Waals surface area contributed by atoms with E-state index in [4.69, 9.17) is 9.05 Å². The quantitative estimate of drug-likeness (QED) is 0.725. The monoisotopic (exact) mass is 248 g/mol. The zero-order chi connectivity index (χ0) is 11.3. The van der Waals surface area contributed by atoms with Gasteiger partial charge in [-0.2, -0.15) is 11.3 Å². The van der Waals surface area contributed by atoms with Gasteiger partial charge in [-0.15, -0.1) is 0 Å². The number of hydrogen-bond donors (Lipinski definition) is 0. The molecule has 6 heteroatoms. The van der Waals surface area contributed by atoms with Crippen molar-refractivity contribution in [2.24, 2.45) is 0 Å². The molecule has 0 saturated carbocycles. The van der Waals surface area contributed by atoms with Crippen molar-refractivity contribution in [3.63, 3.8) is 0 Å². The van der Waals surface area contributed by atoms with Gasteiger partial charge < -0.3 is 9.05 Å². The fourth-order valence-electron chi connectivity index (χ4n) is 1.10. The largest absolute Gasteiger partial charge is 0.337 e. The highest BCUT2D eigenvalue weighted by molar-refractivity contribution is 7.54. The molecule has 0 amide bonds. The minimum absolute atomic E-state index is 0.138. The Balaban J connectivity index is 2.53. The lowest BCUT2D eigenvalue weighted by atomic mass is 10.2. The van der Waals surface area contributed by atoms with E-state index in [0.717, 1.165) is 5.56 Å². The summed E-state index contributed by atoms with van der Waals surface area (Å²) in [5.41, 5.74) is 0.934. The molecule has 0 aromatic carbocycles. The second kappa shape index (κ2) is 5.56. The van der Waals surface area contributed by atoms with Crippen LogP contribution in [0.15, 0.2) is 16.8 Å². The average Bonchev–Trinajstić information content (AvgIpc) is 2.70. The molecule has 0 aliphatic carbocycles. The fourth-order valence-corrected chi connectivity index (χ4v) is 2.72. The highest BCUT2D eigenvalue weighted by atomic mass is 32.1. The molecule has 0 N–H and O–H groups in total. The van der Waals surface area contributed by atoms with Crippen LogP contribution in [0.25, 0.3) is 0 Å². The van der Waals surface area contributed by atoms with E-state index < -0.39 is 7.60 Å². The minimum atomic E-state index is -3.20. The zero-order valence-corrected chi connectivity index (χ0v) is 10.3. The number of rotatable bonds is 6. The number of thiophene rings is 1. The van der Waals surface area contributed by atoms with Gasteiger partial charge in [0.1, 0.15) is 11.9 Å². The second-order valence-corrected chi connectivity index (χ2v) is 6.03. The van der Waals surface area contributed by atoms with Crippen LogP contribution < -0.4 is 0 Å². The van der Waals surface area contributed by atoms with Gasteiger partial charge in [-0.25, -0.2) is 0 Å². The normalized spacial score (nSPS) is 11.6. The molecule has 1 aromatic heterocycles. The zero-order valence-electron chi connectivity index (χ0n) is 8.63. The summed E-state index contributed by atoms with van der Waals surface area (Å²) in [7, 11) is -0.642. The smallest absolute Gasteiger partial charge is 0.312 e. The summed E-state index contributed by atoms with van der Waals surface area (Å²) < 4.78 is 21.0. The molecule has 15 heavy (non-hydrogen) atoms. The van der Waals surface area contributed by atoms with Crippen molar-refractivity contribution in [2.75, 3.05) is 20.4 Å². The van der Waals surface area contributed by atoms with E-state index in [2.05, 4.69) is 0 Å². The van der Waals surface area contributed by atoms with Crippen molar-refractivity contribution in [1.82, 2.24) is 0 Å². The molecule has 0 aliphatic rings. The number of carbonyl (C=O) groups is 1. The second-order valence-electron chi connectivity index (χ2n) is 2.98. The topological polar surface area (TPSA) is 52.6 Å². The highest BCUT2D eigenvalue weighted by Crippen LogP contribution is 2.46. The number of Topliss-reactive ketones (excluding diaryl/α,β-unsaturated/α-hetero) is 1. The predicted octanol–water partition coefficient (Wildman–Crippen LogP) is 2.35. The van der Waals surface area contributed by atoms with Crippen LogP contribution in [0.2, 0.25) is 0 Å². The van der Waals surface area contributed by atoms with E-state index in [1.807, 2.05) is 16.8 Å². The summed E-state index contributed by atoms with van der Waals surface area (Å²) >= 11 is 1.53. The summed E-state index contributed by atoms with van der Waals surface area (Å²) in [6.07, 6.45) is 0.107. The highest BCUT2D eigenvalue weighted by Gasteiger charge is 2.25. The maximum absolute atomic E-state index is 11.6. The Kier molecular flexibility index (Phi) is 4.67. The lowest BCUT2D eigenvalue weighted by molar-refractivity contribution is -0.116. The Morgan fingerprint density at radius 3 is 2.60 bits per heavy atom. The Morgan fingerprint density at radius 2 is 2.13 bits per heavy atom. The predicted molar refractivity (Wildman–Crippen MR) is 59.5 cm³/mol. The van der Waals surface area contributed by atoms with E-state index in [-0.39, 0.29) is 18.4 Å². The van der Waals surface area contributed by atoms with Gasteiger partial charge in [0.05, 0.1) is 0 Å². The van der Waals surface area contributed by atoms with Crippen LogP contribution in [0.5, 0.6) is 0 Å². The molecule has 0 atom stereocenters. The van der Waals surface area contributed by atoms with Crippen LogP contribution in [-0.2, 0) is 24.8 Å². The maximum atomic E-state index is 11.6. The van der Waals surface area contributed by atoms with Gasteiger partial charge in [-0.05, 0) is 22.4 Å². The average molecular weight is 248 g/mol. The van der Waals surface area contributed by atoms with Gasteiger partial charge in [-0.3, -0.25) is 9.36 Å². The lowest BCUT2D eigenvalue weighted by Crippen LogP contribution is -2.10. The van der Waals surface area contributed by atoms with Crippen molar-refractivity contribution in [2.45, 2.75) is 6.42 Å². The molecule has 1 aromatic rings. The number of ketones is 1. The van der Waals surface area contributed by atoms with Gasteiger partial charge in [0, 0.05) is 20.6 Å². The van der Waals surface area contributed by atoms with E-state index in [1.54, 1.807) is 0 Å². The van der Waals surface area contributed by atoms with Crippen LogP contribution in [0, 0.1) is 0 Å². The van der Waals surface area contributed by atoms with Crippen molar-refractivity contribution < 1.29 is 18.4 Å². The Morgan fingerprint density at radius 1 is 1.47 bits per heavy atom. The van der Waals surface area contributed by atoms with Gasteiger partial charge in [-0.1, -0.05) is 0 Å². The van der Waals surface area contributed by atoms with Crippen LogP contribution in [0.3, 0.4) is 0 Å². The first kappa shape index (κ1) is 12.6. The van der Waals surface area contributed by atoms with Gasteiger partial charge in [0.15, 0.2) is 0 Å². The van der Waals surface area contributed by atoms with Crippen molar-refractivity contribution in [3.8, 4) is 0 Å². The third-order valence-electron chi connectivity index (χ3n) is 1.91. The van der Waals surface area contributed by atoms with E-state index in [1.165, 1.54) is 25.6 Å². The van der Waals surface area contributed by atoms with Crippen LogP contribution in [0.1, 0.15) is 5.56 Å². The van der Waals surface area contributed by atoms with Crippen LogP contribution in [0.4, 0.5) is 0 Å². The van der Waals surface area contributed by atoms with E-state index in [9.17, 15) is 9.36 Å². The van der Waals surface area contributed by atoms with E-state index in [0.29, 0.717) is 0 Å². The van der Waals surface area contributed by atoms with E-state index >= 15 is 0 Å². The Labute approximate surface area is 92.7 Å². The number of hydrogen-bond acceptors (Lipinski definition) is 5. The van der Waals surface area contributed by atoms with Crippen molar-refractivity contribution >= 4 is 24.7 Å². The van der Waals surface area contributed by atoms with Gasteiger partial charge in [0.25, 0.3) is 0 Å². The molecule has 1 rings (SSSR count). The molecule has 0 unspecified atom stereocenters. The van der Waals surface area contributed by atoms with Crippen molar-refractivity contribution in [3.05, 3.63) is 22.4 Å². The lowest BCUT2D eigenvalue weighted by Gasteiger charge is -2.11. The molecular formula is C9H13O4PS. The molecule has 1 heterocycles. The summed E-state index contributed by atoms with van der Waals surface area (Å²) in [6, 6.07) is 1.87. The SMILES string of the molecule is COP(=O)(CC(=O)Cc1ccsc1)OC. The minimum Gasteiger partial charge on any atom is -0.312 e. The molecule has 0 spiro atoms. The van der Waals surface area contributed by atoms with Gasteiger partial charge >= 0.3 is 7.60 Å². The summed E-state index contributed by atoms with van der Waals surface area (Å²) in [5.74, 6) is -0.138. The fraction of sp³-hybridized carbons (Fsp3) is 0.444. The standard InChI is InChI=1S/C9H13O4PS/c1-12-14(11,13-2)6-9(10)5-8-3-4-15-7-8/h3-4,7H,5-6H2,1-2H3. The first-order valence-electron chi connectivity index (χ1n) is 4.33. The Bertz CT molecular complexity index is 352. The molecule has 0 radical (unpaired) electrons. The number of carbonyl (C=O) groups excluding carboxylic acids is 1. The van der Waals surface area contributed by atoms with Crippen LogP contribution >= 0.6 is 18.9 Å². The first-order chi connectivity index (χ1) is 7.09. The molecule has 0 bridgehead atoms. The van der Waals surface area contributed by atoms with Crippen molar-refractivity contribution in [1.29, 1.82) is 0 Å². The molecule has 84 valence electrons. The molecular weight excluding hydrogens is 235 g/mol. The summed E-state index contributed by atoms with van der Waals surface area (Å²) in [6.45, 7) is 0. The Hall–Kier alpha value is -0.480. The third-order valence-corrected chi connectivity index (χ3v) is 4.49. The molecule has 0 saturated heterocycles. The van der Waals surface area contributed by atoms with Gasteiger partial charge in [0.2, 0.25) is 0 Å². The summed E-state index contributed by atoms with van der Waals surface area (Å²) in [5, 5.41) is 3.79. The molecule has 4 nitrogen and oxygen atoms in total. The van der Waals surface area contributed by atoms with Crippen LogP contribution in [-0.4, -0.2) is 26.2 Å². The third kappa shape index (κ3) is 3.87. The molecule has 0 fully saturated rings. The first-order valence-corrected chi connectivity index (χ1v) is 7.00. The summed E-state index contributed by atoms with van der Waals surface area (Å²) in [4.78, 5) is 11.5. The molecule has 0 aliphatic heterocycles.